The van der Waals surface area contributed by atoms with Crippen molar-refractivity contribution in [1.29, 1.82) is 0 Å². The van der Waals surface area contributed by atoms with Crippen LogP contribution < -0.4 is 11.1 Å². The molecule has 5 heteroatoms. The van der Waals surface area contributed by atoms with Gasteiger partial charge < -0.3 is 15.8 Å². The van der Waals surface area contributed by atoms with E-state index in [-0.39, 0.29) is 31.0 Å². The Morgan fingerprint density at radius 3 is 2.76 bits per heavy atom. The molecule has 0 bridgehead atoms. The molecule has 17 heavy (non-hydrogen) atoms. The summed E-state index contributed by atoms with van der Waals surface area (Å²) in [5.41, 5.74) is 5.87. The number of nitrogens with one attached hydrogen (secondary N) is 1. The van der Waals surface area contributed by atoms with Crippen LogP contribution in [-0.2, 0) is 9.53 Å². The Morgan fingerprint density at radius 2 is 2.18 bits per heavy atom. The molecule has 0 aliphatic heterocycles. The van der Waals surface area contributed by atoms with Gasteiger partial charge in [-0.05, 0) is 25.2 Å². The maximum Gasteiger partial charge on any atom is 0.246 e. The first-order valence-corrected chi connectivity index (χ1v) is 6.34. The van der Waals surface area contributed by atoms with E-state index in [0.29, 0.717) is 19.1 Å². The molecule has 1 atom stereocenters. The second kappa shape index (κ2) is 9.68. The van der Waals surface area contributed by atoms with E-state index >= 15 is 0 Å². The molecule has 0 radical (unpaired) electrons. The van der Waals surface area contributed by atoms with Crippen LogP contribution in [-0.4, -0.2) is 31.7 Å². The van der Waals surface area contributed by atoms with Gasteiger partial charge in [0.2, 0.25) is 5.91 Å². The Bertz CT molecular complexity index is 211. The second-order valence-corrected chi connectivity index (χ2v) is 4.57. The summed E-state index contributed by atoms with van der Waals surface area (Å²) in [6.45, 7) is 3.57. The van der Waals surface area contributed by atoms with Crippen molar-refractivity contribution in [2.75, 3.05) is 19.8 Å². The van der Waals surface area contributed by atoms with E-state index in [2.05, 4.69) is 12.2 Å². The maximum absolute atomic E-state index is 11.3. The molecule has 0 aromatic rings. The number of nitrogens with two attached hydrogens (primary N) is 1. The number of hydrogen-bond donors (Lipinski definition) is 2. The molecule has 102 valence electrons. The number of ether oxygens (including phenoxy) is 1. The van der Waals surface area contributed by atoms with Gasteiger partial charge in [0.25, 0.3) is 0 Å². The van der Waals surface area contributed by atoms with E-state index in [1.54, 1.807) is 0 Å². The Kier molecular flexibility index (Phi) is 9.50. The zero-order valence-electron chi connectivity index (χ0n) is 10.6. The van der Waals surface area contributed by atoms with E-state index in [9.17, 15) is 4.79 Å². The fourth-order valence-corrected chi connectivity index (χ4v) is 1.59. The van der Waals surface area contributed by atoms with Crippen LogP contribution >= 0.6 is 12.4 Å². The van der Waals surface area contributed by atoms with Crippen molar-refractivity contribution in [3.63, 3.8) is 0 Å². The third-order valence-corrected chi connectivity index (χ3v) is 2.89. The number of unbranched alkanes of at least 4 members (excludes halogenated alkanes) is 2. The van der Waals surface area contributed by atoms with Gasteiger partial charge in [-0.1, -0.05) is 19.8 Å². The average molecular weight is 265 g/mol. The Labute approximate surface area is 110 Å². The molecule has 1 rings (SSSR count). The largest absolute Gasteiger partial charge is 0.372 e. The van der Waals surface area contributed by atoms with Crippen molar-refractivity contribution in [3.8, 4) is 0 Å². The predicted molar refractivity (Wildman–Crippen MR) is 71.3 cm³/mol. The van der Waals surface area contributed by atoms with Crippen molar-refractivity contribution in [1.82, 2.24) is 5.32 Å². The van der Waals surface area contributed by atoms with E-state index in [4.69, 9.17) is 10.5 Å². The van der Waals surface area contributed by atoms with Gasteiger partial charge in [0.05, 0.1) is 0 Å². The van der Waals surface area contributed by atoms with Crippen LogP contribution in [0.1, 0.15) is 39.0 Å². The third-order valence-electron chi connectivity index (χ3n) is 2.89. The SMILES string of the molecule is CCCCCOCC(=O)NCC(N)C1CC1.Cl. The predicted octanol–water partition coefficient (Wildman–Crippen LogP) is 1.47. The van der Waals surface area contributed by atoms with E-state index in [1.807, 2.05) is 0 Å². The fourth-order valence-electron chi connectivity index (χ4n) is 1.59. The number of carbonyl (C=O) groups excluding carboxylic acids is 1. The van der Waals surface area contributed by atoms with Crippen molar-refractivity contribution < 1.29 is 9.53 Å². The summed E-state index contributed by atoms with van der Waals surface area (Å²) in [5, 5.41) is 2.81. The number of carbonyl (C=O) groups is 1. The molecule has 1 amide bonds. The summed E-state index contributed by atoms with van der Waals surface area (Å²) < 4.78 is 5.25. The van der Waals surface area contributed by atoms with Gasteiger partial charge in [0.1, 0.15) is 6.61 Å². The van der Waals surface area contributed by atoms with Crippen LogP contribution in [0.3, 0.4) is 0 Å². The molecule has 0 spiro atoms. The Balaban J connectivity index is 0.00000256. The van der Waals surface area contributed by atoms with Gasteiger partial charge in [-0.3, -0.25) is 4.79 Å². The summed E-state index contributed by atoms with van der Waals surface area (Å²) in [5.74, 6) is 0.582. The van der Waals surface area contributed by atoms with Gasteiger partial charge in [-0.2, -0.15) is 0 Å². The monoisotopic (exact) mass is 264 g/mol. The van der Waals surface area contributed by atoms with Gasteiger partial charge in [-0.25, -0.2) is 0 Å². The van der Waals surface area contributed by atoms with Crippen molar-refractivity contribution in [3.05, 3.63) is 0 Å². The van der Waals surface area contributed by atoms with Crippen LogP contribution in [0, 0.1) is 5.92 Å². The normalized spacial score (nSPS) is 16.1. The van der Waals surface area contributed by atoms with E-state index < -0.39 is 0 Å². The summed E-state index contributed by atoms with van der Waals surface area (Å²) in [6.07, 6.45) is 5.79. The molecule has 0 heterocycles. The van der Waals surface area contributed by atoms with Gasteiger partial charge in [0.15, 0.2) is 0 Å². The zero-order valence-corrected chi connectivity index (χ0v) is 11.4. The lowest BCUT2D eigenvalue weighted by molar-refractivity contribution is -0.125. The fraction of sp³-hybridized carbons (Fsp3) is 0.917. The number of rotatable bonds is 9. The summed E-state index contributed by atoms with van der Waals surface area (Å²) >= 11 is 0. The van der Waals surface area contributed by atoms with Crippen LogP contribution in [0.5, 0.6) is 0 Å². The third kappa shape index (κ3) is 8.41. The first-order chi connectivity index (χ1) is 7.74. The molecule has 1 saturated carbocycles. The molecular formula is C12H25ClN2O2. The smallest absolute Gasteiger partial charge is 0.246 e. The summed E-state index contributed by atoms with van der Waals surface area (Å²) in [4.78, 5) is 11.3. The van der Waals surface area contributed by atoms with Crippen LogP contribution in [0.25, 0.3) is 0 Å². The molecule has 0 aromatic heterocycles. The van der Waals surface area contributed by atoms with Crippen molar-refractivity contribution >= 4 is 18.3 Å². The van der Waals surface area contributed by atoms with Crippen molar-refractivity contribution in [2.24, 2.45) is 11.7 Å². The maximum atomic E-state index is 11.3. The van der Waals surface area contributed by atoms with Gasteiger partial charge >= 0.3 is 0 Å². The first-order valence-electron chi connectivity index (χ1n) is 6.34. The number of amides is 1. The Morgan fingerprint density at radius 1 is 1.47 bits per heavy atom. The lowest BCUT2D eigenvalue weighted by atomic mass is 10.2. The van der Waals surface area contributed by atoms with Gasteiger partial charge in [0, 0.05) is 19.2 Å². The molecule has 1 fully saturated rings. The molecule has 1 unspecified atom stereocenters. The number of halogens is 1. The number of hydrogen-bond acceptors (Lipinski definition) is 3. The molecule has 1 aliphatic rings. The minimum atomic E-state index is -0.0485. The molecular weight excluding hydrogens is 240 g/mol. The summed E-state index contributed by atoms with van der Waals surface area (Å²) in [6, 6.07) is 0.129. The highest BCUT2D eigenvalue weighted by Gasteiger charge is 2.28. The van der Waals surface area contributed by atoms with Gasteiger partial charge in [-0.15, -0.1) is 12.4 Å². The molecule has 0 saturated heterocycles. The first kappa shape index (κ1) is 16.7. The summed E-state index contributed by atoms with van der Waals surface area (Å²) in [7, 11) is 0. The Hall–Kier alpha value is -0.320. The van der Waals surface area contributed by atoms with Crippen LogP contribution in [0.4, 0.5) is 0 Å². The molecule has 1 aliphatic carbocycles. The minimum absolute atomic E-state index is 0. The minimum Gasteiger partial charge on any atom is -0.372 e. The van der Waals surface area contributed by atoms with E-state index in [0.717, 1.165) is 12.8 Å². The lowest BCUT2D eigenvalue weighted by Crippen LogP contribution is -2.40. The molecule has 3 N–H and O–H groups in total. The topological polar surface area (TPSA) is 64.3 Å². The van der Waals surface area contributed by atoms with Crippen LogP contribution in [0.15, 0.2) is 0 Å². The lowest BCUT2D eigenvalue weighted by Gasteiger charge is -2.11. The quantitative estimate of drug-likeness (QED) is 0.620. The highest BCUT2D eigenvalue weighted by molar-refractivity contribution is 5.85. The average Bonchev–Trinajstić information content (AvgIpc) is 3.09. The standard InChI is InChI=1S/C12H24N2O2.ClH/c1-2-3-4-7-16-9-12(15)14-8-11(13)10-5-6-10;/h10-11H,2-9,13H2,1H3,(H,14,15);1H. The molecule has 0 aromatic carbocycles. The van der Waals surface area contributed by atoms with Crippen LogP contribution in [0.2, 0.25) is 0 Å². The van der Waals surface area contributed by atoms with Crippen molar-refractivity contribution in [2.45, 2.75) is 45.1 Å². The zero-order chi connectivity index (χ0) is 11.8. The molecule has 4 nitrogen and oxygen atoms in total. The highest BCUT2D eigenvalue weighted by Crippen LogP contribution is 2.31. The highest BCUT2D eigenvalue weighted by atomic mass is 35.5. The van der Waals surface area contributed by atoms with E-state index in [1.165, 1.54) is 19.3 Å². The second-order valence-electron chi connectivity index (χ2n) is 4.57.